The monoisotopic (exact) mass is 195 g/mol. The van der Waals surface area contributed by atoms with Gasteiger partial charge in [-0.1, -0.05) is 24.1 Å². The van der Waals surface area contributed by atoms with E-state index in [0.717, 1.165) is 0 Å². The first kappa shape index (κ1) is 9.29. The molecule has 2 aliphatic carbocycles. The van der Waals surface area contributed by atoms with Crippen LogP contribution in [0.25, 0.3) is 11.1 Å². The van der Waals surface area contributed by atoms with Gasteiger partial charge in [0.15, 0.2) is 0 Å². The molecule has 0 fully saturated rings. The fourth-order valence-corrected chi connectivity index (χ4v) is 1.19. The molecular weight excluding hydrogens is 186 g/mol. The molecule has 3 rings (SSSR count). The molecule has 0 bridgehead atoms. The summed E-state index contributed by atoms with van der Waals surface area (Å²) in [5.41, 5.74) is 3.28. The molecule has 2 heteroatoms. The molecule has 1 heterocycles. The van der Waals surface area contributed by atoms with Gasteiger partial charge in [-0.2, -0.15) is 0 Å². The summed E-state index contributed by atoms with van der Waals surface area (Å²) < 4.78 is 0. The Balaban J connectivity index is 0.000000121. The Kier molecular flexibility index (Phi) is 2.38. The maximum absolute atomic E-state index is 8.86. The zero-order chi connectivity index (χ0) is 10.7. The van der Waals surface area contributed by atoms with E-state index in [1.54, 1.807) is 12.1 Å². The summed E-state index contributed by atoms with van der Waals surface area (Å²) in [7, 11) is 0. The van der Waals surface area contributed by atoms with E-state index in [1.807, 2.05) is 0 Å². The van der Waals surface area contributed by atoms with Crippen LogP contribution in [0.15, 0.2) is 42.6 Å². The summed E-state index contributed by atoms with van der Waals surface area (Å²) in [5, 5.41) is 8.86. The summed E-state index contributed by atoms with van der Waals surface area (Å²) in [6.07, 6.45) is 6.48. The lowest BCUT2D eigenvalue weighted by atomic mass is 10.3. The van der Waals surface area contributed by atoms with Crippen LogP contribution in [0, 0.1) is 12.3 Å². The number of terminal acetylenes is 1. The molecule has 0 amide bonds. The van der Waals surface area contributed by atoms with Crippen LogP contribution < -0.4 is 0 Å². The Morgan fingerprint density at radius 2 is 1.87 bits per heavy atom. The van der Waals surface area contributed by atoms with Crippen molar-refractivity contribution in [2.75, 3.05) is 0 Å². The standard InChI is InChI=1S/C7H5NO.C6H4/c1-2-6-4-3-5-8-7(6)9;1-2-5-4-6(5)3-1/h1,3-5H,(H,8,9);1-4H. The third-order valence-electron chi connectivity index (χ3n) is 2.05. The van der Waals surface area contributed by atoms with Crippen LogP contribution in [-0.4, -0.2) is 10.1 Å². The first-order chi connectivity index (χ1) is 7.31. The summed E-state index contributed by atoms with van der Waals surface area (Å²) >= 11 is 0. The van der Waals surface area contributed by atoms with Gasteiger partial charge in [0.2, 0.25) is 5.88 Å². The third-order valence-corrected chi connectivity index (χ3v) is 2.05. The van der Waals surface area contributed by atoms with Crippen LogP contribution in [0.2, 0.25) is 0 Å². The second-order valence-corrected chi connectivity index (χ2v) is 3.10. The first-order valence-corrected chi connectivity index (χ1v) is 4.52. The second-order valence-electron chi connectivity index (χ2n) is 3.10. The minimum Gasteiger partial charge on any atom is -0.492 e. The molecule has 15 heavy (non-hydrogen) atoms. The average molecular weight is 195 g/mol. The van der Waals surface area contributed by atoms with E-state index in [-0.39, 0.29) is 5.88 Å². The van der Waals surface area contributed by atoms with Gasteiger partial charge in [0.25, 0.3) is 0 Å². The lowest BCUT2D eigenvalue weighted by Crippen LogP contribution is -1.77. The van der Waals surface area contributed by atoms with Crippen LogP contribution in [0.4, 0.5) is 0 Å². The van der Waals surface area contributed by atoms with Crippen molar-refractivity contribution in [2.45, 2.75) is 0 Å². The van der Waals surface area contributed by atoms with Crippen molar-refractivity contribution in [1.82, 2.24) is 4.98 Å². The van der Waals surface area contributed by atoms with Gasteiger partial charge in [0.1, 0.15) is 0 Å². The molecule has 1 aromatic rings. The zero-order valence-electron chi connectivity index (χ0n) is 8.01. The van der Waals surface area contributed by atoms with Crippen molar-refractivity contribution < 1.29 is 5.11 Å². The van der Waals surface area contributed by atoms with Gasteiger partial charge in [0, 0.05) is 6.20 Å². The van der Waals surface area contributed by atoms with Crippen molar-refractivity contribution in [3.8, 4) is 29.4 Å². The summed E-state index contributed by atoms with van der Waals surface area (Å²) in [4.78, 5) is 3.56. The number of hydrogen-bond donors (Lipinski definition) is 1. The molecule has 1 N–H and O–H groups in total. The number of nitrogens with zero attached hydrogens (tertiary/aromatic N) is 1. The Labute approximate surface area is 88.2 Å². The summed E-state index contributed by atoms with van der Waals surface area (Å²) in [5.74, 6) is 2.20. The Hall–Kier alpha value is -2.27. The Morgan fingerprint density at radius 3 is 2.20 bits per heavy atom. The quantitative estimate of drug-likeness (QED) is 0.559. The highest BCUT2D eigenvalue weighted by atomic mass is 16.3. The molecule has 0 aromatic carbocycles. The smallest absolute Gasteiger partial charge is 0.226 e. The largest absolute Gasteiger partial charge is 0.492 e. The molecule has 0 saturated carbocycles. The highest BCUT2D eigenvalue weighted by Crippen LogP contribution is 2.32. The van der Waals surface area contributed by atoms with E-state index < -0.39 is 0 Å². The van der Waals surface area contributed by atoms with Crippen LogP contribution >= 0.6 is 0 Å². The molecule has 72 valence electrons. The van der Waals surface area contributed by atoms with Gasteiger partial charge >= 0.3 is 0 Å². The van der Waals surface area contributed by atoms with E-state index in [2.05, 4.69) is 35.2 Å². The predicted molar refractivity (Wildman–Crippen MR) is 59.3 cm³/mol. The van der Waals surface area contributed by atoms with Gasteiger partial charge in [-0.05, 0) is 29.3 Å². The second kappa shape index (κ2) is 3.85. The molecule has 0 aliphatic heterocycles. The predicted octanol–water partition coefficient (Wildman–Crippen LogP) is 2.44. The number of fused-ring (bicyclic) bond motifs is 1. The average Bonchev–Trinajstić information content (AvgIpc) is 2.87. The van der Waals surface area contributed by atoms with E-state index in [4.69, 9.17) is 11.5 Å². The SMILES string of the molecule is C#Cc1cccnc1O.c1cc2cc-2c1. The molecule has 0 unspecified atom stereocenters. The van der Waals surface area contributed by atoms with Crippen molar-refractivity contribution in [3.63, 3.8) is 0 Å². The Bertz CT molecular complexity index is 509. The topological polar surface area (TPSA) is 33.1 Å². The Morgan fingerprint density at radius 1 is 1.13 bits per heavy atom. The van der Waals surface area contributed by atoms with Crippen LogP contribution in [0.3, 0.4) is 0 Å². The van der Waals surface area contributed by atoms with Crippen LogP contribution in [0.1, 0.15) is 5.56 Å². The number of benzene rings is 1. The summed E-state index contributed by atoms with van der Waals surface area (Å²) in [6.45, 7) is 0. The molecule has 1 aromatic heterocycles. The lowest BCUT2D eigenvalue weighted by Gasteiger charge is -1.90. The van der Waals surface area contributed by atoms with Crippen molar-refractivity contribution in [3.05, 3.63) is 48.2 Å². The minimum atomic E-state index is -0.0833. The molecule has 2 aliphatic rings. The highest BCUT2D eigenvalue weighted by Gasteiger charge is 2.06. The lowest BCUT2D eigenvalue weighted by molar-refractivity contribution is 0.452. The number of aromatic nitrogens is 1. The van der Waals surface area contributed by atoms with E-state index >= 15 is 0 Å². The number of aromatic hydroxyl groups is 1. The molecule has 0 radical (unpaired) electrons. The molecule has 0 saturated heterocycles. The maximum atomic E-state index is 8.86. The van der Waals surface area contributed by atoms with Crippen molar-refractivity contribution >= 4 is 0 Å². The van der Waals surface area contributed by atoms with E-state index in [1.165, 1.54) is 17.3 Å². The van der Waals surface area contributed by atoms with Gasteiger partial charge in [-0.25, -0.2) is 4.98 Å². The number of hydrogen-bond acceptors (Lipinski definition) is 2. The highest BCUT2D eigenvalue weighted by molar-refractivity contribution is 5.80. The van der Waals surface area contributed by atoms with E-state index in [9.17, 15) is 0 Å². The third kappa shape index (κ3) is 2.15. The number of rotatable bonds is 0. The van der Waals surface area contributed by atoms with Gasteiger partial charge in [-0.15, -0.1) is 6.42 Å². The van der Waals surface area contributed by atoms with E-state index in [0.29, 0.717) is 5.56 Å². The van der Waals surface area contributed by atoms with Gasteiger partial charge in [0.05, 0.1) is 5.56 Å². The van der Waals surface area contributed by atoms with Crippen LogP contribution in [0.5, 0.6) is 5.88 Å². The maximum Gasteiger partial charge on any atom is 0.226 e. The summed E-state index contributed by atoms with van der Waals surface area (Å²) in [6, 6.07) is 11.8. The minimum absolute atomic E-state index is 0.0833. The van der Waals surface area contributed by atoms with Crippen molar-refractivity contribution in [1.29, 1.82) is 0 Å². The fraction of sp³-hybridized carbons (Fsp3) is 0. The molecule has 0 spiro atoms. The van der Waals surface area contributed by atoms with Crippen LogP contribution in [-0.2, 0) is 0 Å². The number of pyridine rings is 1. The molecular formula is C13H9NO. The first-order valence-electron chi connectivity index (χ1n) is 4.52. The normalized spacial score (nSPS) is 9.53. The zero-order valence-corrected chi connectivity index (χ0v) is 8.01. The fourth-order valence-electron chi connectivity index (χ4n) is 1.19. The van der Waals surface area contributed by atoms with Gasteiger partial charge in [-0.3, -0.25) is 0 Å². The van der Waals surface area contributed by atoms with Gasteiger partial charge < -0.3 is 5.11 Å². The molecule has 2 nitrogen and oxygen atoms in total. The molecule has 0 atom stereocenters. The van der Waals surface area contributed by atoms with Crippen molar-refractivity contribution in [2.24, 2.45) is 0 Å².